The molecule has 222 valence electrons. The van der Waals surface area contributed by atoms with Gasteiger partial charge in [0.25, 0.3) is 10.0 Å². The molecule has 0 aliphatic heterocycles. The van der Waals surface area contributed by atoms with E-state index in [1.165, 1.54) is 35.6 Å². The first kappa shape index (κ1) is 30.4. The number of nitrogens with zero attached hydrogens (tertiary/aromatic N) is 2. The smallest absolute Gasteiger partial charge is 0.387 e. The number of hydrogen-bond acceptors (Lipinski definition) is 7. The highest BCUT2D eigenvalue weighted by Crippen LogP contribution is 2.33. The van der Waals surface area contributed by atoms with Crippen LogP contribution in [0.4, 0.5) is 18.9 Å². The Morgan fingerprint density at radius 1 is 0.907 bits per heavy atom. The van der Waals surface area contributed by atoms with Gasteiger partial charge in [-0.05, 0) is 61.0 Å². The van der Waals surface area contributed by atoms with Crippen LogP contribution in [0.1, 0.15) is 22.8 Å². The van der Waals surface area contributed by atoms with E-state index in [1.807, 2.05) is 18.2 Å². The molecule has 0 fully saturated rings. The molecule has 0 aliphatic carbocycles. The number of aromatic nitrogens is 2. The summed E-state index contributed by atoms with van der Waals surface area (Å²) in [5.74, 6) is 0. The average Bonchev–Trinajstić information content (AvgIpc) is 3.51. The fourth-order valence-corrected chi connectivity index (χ4v) is 6.16. The summed E-state index contributed by atoms with van der Waals surface area (Å²) in [6.07, 6.45) is -1.07. The van der Waals surface area contributed by atoms with Crippen LogP contribution in [0.2, 0.25) is 0 Å². The summed E-state index contributed by atoms with van der Waals surface area (Å²) in [7, 11) is -3.84. The molecule has 12 heteroatoms. The van der Waals surface area contributed by atoms with Gasteiger partial charge in [0.2, 0.25) is 0 Å². The van der Waals surface area contributed by atoms with Crippen LogP contribution in [0.5, 0.6) is 0 Å². The molecule has 1 unspecified atom stereocenters. The molecule has 0 spiro atoms. The Bertz CT molecular complexity index is 1740. The van der Waals surface area contributed by atoms with Crippen molar-refractivity contribution in [3.63, 3.8) is 0 Å². The molecule has 3 aromatic carbocycles. The van der Waals surface area contributed by atoms with E-state index in [-0.39, 0.29) is 4.90 Å². The molecule has 3 N–H and O–H groups in total. The van der Waals surface area contributed by atoms with Gasteiger partial charge >= 0.3 is 6.18 Å². The third-order valence-corrected chi connectivity index (χ3v) is 8.92. The highest BCUT2D eigenvalue weighted by molar-refractivity contribution is 7.92. The number of sulfonamides is 1. The van der Waals surface area contributed by atoms with Crippen LogP contribution in [0, 0.1) is 0 Å². The zero-order valence-corrected chi connectivity index (χ0v) is 24.3. The topological polar surface area (TPSA) is 104 Å². The summed E-state index contributed by atoms with van der Waals surface area (Å²) in [4.78, 5) is 8.60. The SMILES string of the molecule is O=S(=O)(Nc1ccc(CCNCC(O)c2cccnc2)cc1)c1ccc(-c2csc(-c3ccc(C(F)(F)F)cc3)n2)cc1. The standard InChI is InChI=1S/C31H27F3N4O3S2/c32-31(33,34)25-9-5-23(6-10-25)30-37-28(20-42-30)22-7-13-27(14-8-22)43(40,41)38-26-11-3-21(4-12-26)15-17-36-19-29(39)24-2-1-16-35-18-24/h1-14,16,18,20,29,36,38-39H,15,17,19H2. The van der Waals surface area contributed by atoms with Crippen LogP contribution < -0.4 is 10.0 Å². The van der Waals surface area contributed by atoms with Crippen LogP contribution in [0.3, 0.4) is 0 Å². The summed E-state index contributed by atoms with van der Waals surface area (Å²) < 4.78 is 67.1. The molecule has 43 heavy (non-hydrogen) atoms. The zero-order chi connectivity index (χ0) is 30.5. The molecule has 2 aromatic heterocycles. The zero-order valence-electron chi connectivity index (χ0n) is 22.6. The number of thiazole rings is 1. The molecular formula is C31H27F3N4O3S2. The Labute approximate surface area is 251 Å². The van der Waals surface area contributed by atoms with E-state index in [0.717, 1.165) is 23.3 Å². The normalized spacial score (nSPS) is 12.7. The van der Waals surface area contributed by atoms with E-state index in [2.05, 4.69) is 20.0 Å². The Morgan fingerprint density at radius 3 is 2.26 bits per heavy atom. The number of benzene rings is 3. The fourth-order valence-electron chi connectivity index (χ4n) is 4.26. The molecule has 2 heterocycles. The molecule has 0 bridgehead atoms. The summed E-state index contributed by atoms with van der Waals surface area (Å²) >= 11 is 1.29. The number of halogens is 3. The van der Waals surface area contributed by atoms with Gasteiger partial charge in [0.05, 0.1) is 22.3 Å². The van der Waals surface area contributed by atoms with E-state index in [1.54, 1.807) is 48.1 Å². The molecule has 5 aromatic rings. The van der Waals surface area contributed by atoms with Crippen molar-refractivity contribution in [3.8, 4) is 21.8 Å². The maximum atomic E-state index is 13.0. The summed E-state index contributed by atoms with van der Waals surface area (Å²) in [5, 5.41) is 15.7. The quantitative estimate of drug-likeness (QED) is 0.144. The number of hydrogen-bond donors (Lipinski definition) is 3. The van der Waals surface area contributed by atoms with Gasteiger partial charge in [-0.25, -0.2) is 13.4 Å². The lowest BCUT2D eigenvalue weighted by Crippen LogP contribution is -2.23. The van der Waals surface area contributed by atoms with E-state index in [9.17, 15) is 26.7 Å². The maximum Gasteiger partial charge on any atom is 0.416 e. The van der Waals surface area contributed by atoms with Gasteiger partial charge < -0.3 is 10.4 Å². The van der Waals surface area contributed by atoms with Crippen molar-refractivity contribution in [1.82, 2.24) is 15.3 Å². The molecule has 0 aliphatic rings. The van der Waals surface area contributed by atoms with E-state index < -0.39 is 27.9 Å². The maximum absolute atomic E-state index is 13.0. The molecule has 0 saturated heterocycles. The van der Waals surface area contributed by atoms with Gasteiger partial charge in [0.15, 0.2) is 0 Å². The van der Waals surface area contributed by atoms with Gasteiger partial charge in [-0.1, -0.05) is 42.5 Å². The predicted molar refractivity (Wildman–Crippen MR) is 161 cm³/mol. The molecule has 0 saturated carbocycles. The summed E-state index contributed by atoms with van der Waals surface area (Å²) in [6.45, 7) is 1.03. The fraction of sp³-hybridized carbons (Fsp3) is 0.161. The molecule has 5 rings (SSSR count). The lowest BCUT2D eigenvalue weighted by Gasteiger charge is -2.12. The monoisotopic (exact) mass is 624 g/mol. The van der Waals surface area contributed by atoms with E-state index in [0.29, 0.717) is 47.0 Å². The molecule has 0 amide bonds. The first-order valence-corrected chi connectivity index (χ1v) is 15.6. The van der Waals surface area contributed by atoms with Crippen molar-refractivity contribution in [2.24, 2.45) is 0 Å². The van der Waals surface area contributed by atoms with Gasteiger partial charge in [-0.3, -0.25) is 9.71 Å². The lowest BCUT2D eigenvalue weighted by atomic mass is 10.1. The minimum atomic E-state index is -4.40. The van der Waals surface area contributed by atoms with Crippen LogP contribution in [0.15, 0.2) is 108 Å². The second-order valence-corrected chi connectivity index (χ2v) is 12.2. The average molecular weight is 625 g/mol. The highest BCUT2D eigenvalue weighted by Gasteiger charge is 2.30. The molecule has 7 nitrogen and oxygen atoms in total. The number of rotatable bonds is 11. The van der Waals surface area contributed by atoms with Crippen molar-refractivity contribution in [3.05, 3.63) is 119 Å². The number of anilines is 1. The van der Waals surface area contributed by atoms with Gasteiger partial charge in [0, 0.05) is 46.7 Å². The second-order valence-electron chi connectivity index (χ2n) is 9.70. The summed E-state index contributed by atoms with van der Waals surface area (Å²) in [5.41, 5.74) is 3.29. The van der Waals surface area contributed by atoms with Crippen LogP contribution in [0.25, 0.3) is 21.8 Å². The van der Waals surface area contributed by atoms with Crippen molar-refractivity contribution in [1.29, 1.82) is 0 Å². The first-order valence-electron chi connectivity index (χ1n) is 13.2. The van der Waals surface area contributed by atoms with Crippen molar-refractivity contribution < 1.29 is 26.7 Å². The second kappa shape index (κ2) is 13.0. The van der Waals surface area contributed by atoms with Crippen LogP contribution >= 0.6 is 11.3 Å². The van der Waals surface area contributed by atoms with Crippen LogP contribution in [-0.2, 0) is 22.6 Å². The Hall–Kier alpha value is -4.10. The first-order chi connectivity index (χ1) is 20.6. The lowest BCUT2D eigenvalue weighted by molar-refractivity contribution is -0.137. The summed E-state index contributed by atoms with van der Waals surface area (Å²) in [6, 6.07) is 21.7. The molecule has 0 radical (unpaired) electrons. The van der Waals surface area contributed by atoms with E-state index >= 15 is 0 Å². The number of aliphatic hydroxyl groups excluding tert-OH is 1. The number of nitrogens with one attached hydrogen (secondary N) is 2. The van der Waals surface area contributed by atoms with Gasteiger partial charge in [-0.2, -0.15) is 13.2 Å². The van der Waals surface area contributed by atoms with Crippen molar-refractivity contribution in [2.75, 3.05) is 17.8 Å². The minimum Gasteiger partial charge on any atom is -0.387 e. The van der Waals surface area contributed by atoms with E-state index in [4.69, 9.17) is 0 Å². The molecule has 1 atom stereocenters. The molecular weight excluding hydrogens is 597 g/mol. The van der Waals surface area contributed by atoms with Gasteiger partial charge in [0.1, 0.15) is 5.01 Å². The third kappa shape index (κ3) is 7.85. The number of aliphatic hydroxyl groups is 1. The third-order valence-electron chi connectivity index (χ3n) is 6.63. The Kier molecular flexibility index (Phi) is 9.21. The highest BCUT2D eigenvalue weighted by atomic mass is 32.2. The van der Waals surface area contributed by atoms with Crippen LogP contribution in [-0.4, -0.2) is 36.6 Å². The predicted octanol–water partition coefficient (Wildman–Crippen LogP) is 6.56. The van der Waals surface area contributed by atoms with Gasteiger partial charge in [-0.15, -0.1) is 11.3 Å². The minimum absolute atomic E-state index is 0.0786. The van der Waals surface area contributed by atoms with Crippen molar-refractivity contribution in [2.45, 2.75) is 23.6 Å². The van der Waals surface area contributed by atoms with Crippen molar-refractivity contribution >= 4 is 27.0 Å². The Balaban J connectivity index is 1.15. The number of alkyl halides is 3. The Morgan fingerprint density at radius 2 is 1.60 bits per heavy atom. The largest absolute Gasteiger partial charge is 0.416 e. The number of pyridine rings is 1.